The molecule has 0 radical (unpaired) electrons. The van der Waals surface area contributed by atoms with E-state index in [-0.39, 0.29) is 5.56 Å². The second kappa shape index (κ2) is 7.88. The fourth-order valence-corrected chi connectivity index (χ4v) is 3.47. The Balaban J connectivity index is 1.52. The van der Waals surface area contributed by atoms with Crippen LogP contribution in [0.3, 0.4) is 0 Å². The van der Waals surface area contributed by atoms with Crippen molar-refractivity contribution in [1.82, 2.24) is 14.8 Å². The van der Waals surface area contributed by atoms with Gasteiger partial charge in [-0.15, -0.1) is 10.2 Å². The lowest BCUT2D eigenvalue weighted by atomic mass is 10.1. The Bertz CT molecular complexity index is 978. The Morgan fingerprint density at radius 2 is 1.64 bits per heavy atom. The number of hydrogen-bond donors (Lipinski definition) is 1. The second-order valence-electron chi connectivity index (χ2n) is 6.95. The molecule has 0 spiro atoms. The largest absolute Gasteiger partial charge is 0.322 e. The molecule has 3 aromatic rings. The van der Waals surface area contributed by atoms with Gasteiger partial charge in [0.2, 0.25) is 0 Å². The SMILES string of the molecule is O=C(Nc1ccc(-c2nnc3n2CCCCCC3)cc1)c1cc(F)cc(F)c1. The summed E-state index contributed by atoms with van der Waals surface area (Å²) in [5.41, 5.74) is 1.38. The summed E-state index contributed by atoms with van der Waals surface area (Å²) >= 11 is 0. The van der Waals surface area contributed by atoms with Crippen molar-refractivity contribution in [3.05, 3.63) is 65.5 Å². The zero-order chi connectivity index (χ0) is 19.5. The minimum Gasteiger partial charge on any atom is -0.322 e. The molecule has 0 atom stereocenters. The average Bonchev–Trinajstić information content (AvgIpc) is 3.03. The van der Waals surface area contributed by atoms with Gasteiger partial charge in [0.15, 0.2) is 5.82 Å². The van der Waals surface area contributed by atoms with Gasteiger partial charge in [-0.2, -0.15) is 0 Å². The minimum atomic E-state index is -0.788. The maximum Gasteiger partial charge on any atom is 0.255 e. The van der Waals surface area contributed by atoms with Crippen molar-refractivity contribution in [3.8, 4) is 11.4 Å². The third-order valence-corrected chi connectivity index (χ3v) is 4.89. The number of amides is 1. The van der Waals surface area contributed by atoms with Gasteiger partial charge in [0, 0.05) is 35.8 Å². The highest BCUT2D eigenvalue weighted by Gasteiger charge is 2.15. The molecule has 0 bridgehead atoms. The molecule has 1 amide bonds. The predicted octanol–water partition coefficient (Wildman–Crippen LogP) is 4.59. The molecule has 4 rings (SSSR count). The first-order valence-electron chi connectivity index (χ1n) is 9.40. The molecule has 7 heteroatoms. The van der Waals surface area contributed by atoms with Crippen LogP contribution in [0.1, 0.15) is 41.9 Å². The van der Waals surface area contributed by atoms with Gasteiger partial charge < -0.3 is 9.88 Å². The minimum absolute atomic E-state index is 0.0691. The van der Waals surface area contributed by atoms with Crippen molar-refractivity contribution in [1.29, 1.82) is 0 Å². The zero-order valence-electron chi connectivity index (χ0n) is 15.3. The molecular weight excluding hydrogens is 362 g/mol. The van der Waals surface area contributed by atoms with E-state index in [4.69, 9.17) is 0 Å². The Morgan fingerprint density at radius 3 is 2.39 bits per heavy atom. The molecule has 28 heavy (non-hydrogen) atoms. The van der Waals surface area contributed by atoms with E-state index in [2.05, 4.69) is 20.1 Å². The number of halogens is 2. The highest BCUT2D eigenvalue weighted by Crippen LogP contribution is 2.24. The van der Waals surface area contributed by atoms with Crippen LogP contribution in [-0.4, -0.2) is 20.7 Å². The van der Waals surface area contributed by atoms with Crippen LogP contribution in [0, 0.1) is 11.6 Å². The van der Waals surface area contributed by atoms with Crippen molar-refractivity contribution in [2.45, 2.75) is 38.6 Å². The number of aromatic nitrogens is 3. The van der Waals surface area contributed by atoms with Gasteiger partial charge in [-0.25, -0.2) is 8.78 Å². The summed E-state index contributed by atoms with van der Waals surface area (Å²) in [4.78, 5) is 12.2. The third-order valence-electron chi connectivity index (χ3n) is 4.89. The maximum absolute atomic E-state index is 13.3. The number of nitrogens with zero attached hydrogens (tertiary/aromatic N) is 3. The first kappa shape index (κ1) is 18.3. The van der Waals surface area contributed by atoms with E-state index in [1.54, 1.807) is 12.1 Å². The number of aryl methyl sites for hydroxylation is 1. The summed E-state index contributed by atoms with van der Waals surface area (Å²) in [5, 5.41) is 11.3. The number of carbonyl (C=O) groups excluding carboxylic acids is 1. The third kappa shape index (κ3) is 3.93. The molecule has 0 saturated carbocycles. The quantitative estimate of drug-likeness (QED) is 0.721. The summed E-state index contributed by atoms with van der Waals surface area (Å²) in [6, 6.07) is 9.94. The van der Waals surface area contributed by atoms with Crippen molar-refractivity contribution in [2.24, 2.45) is 0 Å². The fraction of sp³-hybridized carbons (Fsp3) is 0.286. The van der Waals surface area contributed by atoms with Crippen LogP contribution >= 0.6 is 0 Å². The fourth-order valence-electron chi connectivity index (χ4n) is 3.47. The molecule has 2 aromatic carbocycles. The van der Waals surface area contributed by atoms with Gasteiger partial charge in [0.25, 0.3) is 5.91 Å². The molecular formula is C21H20F2N4O. The van der Waals surface area contributed by atoms with Crippen LogP contribution in [0.25, 0.3) is 11.4 Å². The van der Waals surface area contributed by atoms with E-state index >= 15 is 0 Å². The molecule has 5 nitrogen and oxygen atoms in total. The molecule has 2 heterocycles. The molecule has 0 fully saturated rings. The van der Waals surface area contributed by atoms with Crippen molar-refractivity contribution < 1.29 is 13.6 Å². The lowest BCUT2D eigenvalue weighted by Gasteiger charge is -2.13. The van der Waals surface area contributed by atoms with E-state index in [0.29, 0.717) is 5.69 Å². The summed E-state index contributed by atoms with van der Waals surface area (Å²) in [6.07, 6.45) is 5.61. The summed E-state index contributed by atoms with van der Waals surface area (Å²) in [5.74, 6) is -0.312. The van der Waals surface area contributed by atoms with Gasteiger partial charge in [-0.05, 0) is 49.2 Å². The van der Waals surface area contributed by atoms with Crippen LogP contribution in [0.2, 0.25) is 0 Å². The summed E-state index contributed by atoms with van der Waals surface area (Å²) in [6.45, 7) is 0.904. The molecule has 1 N–H and O–H groups in total. The number of hydrogen-bond acceptors (Lipinski definition) is 3. The summed E-state index contributed by atoms with van der Waals surface area (Å²) in [7, 11) is 0. The van der Waals surface area contributed by atoms with Gasteiger partial charge in [0.1, 0.15) is 17.5 Å². The van der Waals surface area contributed by atoms with Gasteiger partial charge >= 0.3 is 0 Å². The van der Waals surface area contributed by atoms with Gasteiger partial charge in [0.05, 0.1) is 0 Å². The first-order chi connectivity index (χ1) is 13.6. The van der Waals surface area contributed by atoms with E-state index in [1.165, 1.54) is 12.8 Å². The highest BCUT2D eigenvalue weighted by molar-refractivity contribution is 6.04. The molecule has 0 saturated heterocycles. The number of rotatable bonds is 3. The molecule has 0 unspecified atom stereocenters. The van der Waals surface area contributed by atoms with Crippen LogP contribution in [0.4, 0.5) is 14.5 Å². The lowest BCUT2D eigenvalue weighted by molar-refractivity contribution is 0.102. The molecule has 1 aliphatic heterocycles. The lowest BCUT2D eigenvalue weighted by Crippen LogP contribution is -2.12. The van der Waals surface area contributed by atoms with E-state index in [0.717, 1.165) is 61.2 Å². The Kier molecular flexibility index (Phi) is 5.14. The predicted molar refractivity (Wildman–Crippen MR) is 102 cm³/mol. The molecule has 0 aliphatic carbocycles. The normalized spacial score (nSPS) is 14.1. The number of carbonyl (C=O) groups is 1. The average molecular weight is 382 g/mol. The van der Waals surface area contributed by atoms with E-state index in [9.17, 15) is 13.6 Å². The number of anilines is 1. The molecule has 1 aromatic heterocycles. The van der Waals surface area contributed by atoms with Crippen molar-refractivity contribution in [2.75, 3.05) is 5.32 Å². The highest BCUT2D eigenvalue weighted by atomic mass is 19.1. The Labute approximate surface area is 161 Å². The summed E-state index contributed by atoms with van der Waals surface area (Å²) < 4.78 is 28.8. The van der Waals surface area contributed by atoms with E-state index in [1.807, 2.05) is 12.1 Å². The Hall–Kier alpha value is -3.09. The molecule has 1 aliphatic rings. The van der Waals surface area contributed by atoms with Crippen LogP contribution in [-0.2, 0) is 13.0 Å². The zero-order valence-corrected chi connectivity index (χ0v) is 15.3. The number of nitrogens with one attached hydrogen (secondary N) is 1. The molecule has 144 valence electrons. The standard InChI is InChI=1S/C21H20F2N4O/c22-16-11-15(12-17(23)13-16)21(28)24-18-8-6-14(7-9-18)20-26-25-19-5-3-1-2-4-10-27(19)20/h6-9,11-13H,1-5,10H2,(H,24,28). The van der Waals surface area contributed by atoms with Crippen LogP contribution in [0.15, 0.2) is 42.5 Å². The van der Waals surface area contributed by atoms with Crippen LogP contribution in [0.5, 0.6) is 0 Å². The van der Waals surface area contributed by atoms with Crippen molar-refractivity contribution in [3.63, 3.8) is 0 Å². The first-order valence-corrected chi connectivity index (χ1v) is 9.40. The van der Waals surface area contributed by atoms with Crippen LogP contribution < -0.4 is 5.32 Å². The topological polar surface area (TPSA) is 59.8 Å². The smallest absolute Gasteiger partial charge is 0.255 e. The number of benzene rings is 2. The maximum atomic E-state index is 13.3. The van der Waals surface area contributed by atoms with Crippen molar-refractivity contribution >= 4 is 11.6 Å². The number of fused-ring (bicyclic) bond motifs is 1. The second-order valence-corrected chi connectivity index (χ2v) is 6.95. The van der Waals surface area contributed by atoms with Gasteiger partial charge in [-0.3, -0.25) is 4.79 Å². The van der Waals surface area contributed by atoms with E-state index < -0.39 is 17.5 Å². The Morgan fingerprint density at radius 1 is 0.929 bits per heavy atom. The van der Waals surface area contributed by atoms with Gasteiger partial charge in [-0.1, -0.05) is 12.8 Å². The monoisotopic (exact) mass is 382 g/mol.